The first-order chi connectivity index (χ1) is 12.9. The van der Waals surface area contributed by atoms with Crippen LogP contribution in [0.5, 0.6) is 5.75 Å². The highest BCUT2D eigenvalue weighted by Crippen LogP contribution is 2.32. The molecule has 1 fully saturated rings. The normalized spacial score (nSPS) is 28.1. The third-order valence-electron chi connectivity index (χ3n) is 5.50. The quantitative estimate of drug-likeness (QED) is 0.528. The summed E-state index contributed by atoms with van der Waals surface area (Å²) < 4.78 is 5.26. The number of thiol groups is 1. The number of carbonyl (C=O) groups excluding carboxylic acids is 1. The Labute approximate surface area is 168 Å². The Morgan fingerprint density at radius 2 is 1.96 bits per heavy atom. The van der Waals surface area contributed by atoms with E-state index in [4.69, 9.17) is 17.4 Å². The topological polar surface area (TPSA) is 39.2 Å². The fourth-order valence-electron chi connectivity index (χ4n) is 3.91. The maximum absolute atomic E-state index is 12.4. The second-order valence-electron chi connectivity index (χ2n) is 7.97. The summed E-state index contributed by atoms with van der Waals surface area (Å²) in [7, 11) is 0. The van der Waals surface area contributed by atoms with Crippen molar-refractivity contribution in [1.82, 2.24) is 4.98 Å². The molecule has 3 nitrogen and oxygen atoms in total. The SMILES string of the molecule is CCC1CCC(C(=O)Oc2ccc(C3=CC(C)(S)C=C(C)C=C3)nc2)CC1. The van der Waals surface area contributed by atoms with E-state index in [1.54, 1.807) is 6.20 Å². The lowest BCUT2D eigenvalue weighted by Gasteiger charge is -2.26. The van der Waals surface area contributed by atoms with Crippen LogP contribution in [-0.2, 0) is 4.79 Å². The van der Waals surface area contributed by atoms with Crippen molar-refractivity contribution in [2.45, 2.75) is 57.6 Å². The molecule has 27 heavy (non-hydrogen) atoms. The zero-order chi connectivity index (χ0) is 19.4. The van der Waals surface area contributed by atoms with Gasteiger partial charge in [-0.2, -0.15) is 12.6 Å². The van der Waals surface area contributed by atoms with E-state index in [9.17, 15) is 4.79 Å². The fourth-order valence-corrected chi connectivity index (χ4v) is 4.25. The van der Waals surface area contributed by atoms with E-state index in [2.05, 4.69) is 44.0 Å². The number of aromatic nitrogens is 1. The number of esters is 1. The second kappa shape index (κ2) is 8.47. The molecule has 0 amide bonds. The molecular weight excluding hydrogens is 354 g/mol. The summed E-state index contributed by atoms with van der Waals surface area (Å²) >= 11 is 4.70. The van der Waals surface area contributed by atoms with Crippen LogP contribution in [0.2, 0.25) is 0 Å². The molecule has 4 heteroatoms. The maximum Gasteiger partial charge on any atom is 0.314 e. The highest BCUT2D eigenvalue weighted by molar-refractivity contribution is 7.82. The maximum atomic E-state index is 12.4. The Kier molecular flexibility index (Phi) is 6.25. The van der Waals surface area contributed by atoms with Crippen LogP contribution in [-0.4, -0.2) is 15.7 Å². The zero-order valence-corrected chi connectivity index (χ0v) is 17.3. The summed E-state index contributed by atoms with van der Waals surface area (Å²) in [6.07, 6.45) is 15.3. The number of hydrogen-bond acceptors (Lipinski definition) is 4. The van der Waals surface area contributed by atoms with Gasteiger partial charge in [-0.25, -0.2) is 0 Å². The molecule has 0 N–H and O–H groups in total. The first kappa shape index (κ1) is 19.9. The van der Waals surface area contributed by atoms with Crippen LogP contribution in [0.4, 0.5) is 0 Å². The van der Waals surface area contributed by atoms with Crippen molar-refractivity contribution in [3.05, 3.63) is 53.9 Å². The smallest absolute Gasteiger partial charge is 0.314 e. The van der Waals surface area contributed by atoms with Crippen LogP contribution in [0, 0.1) is 11.8 Å². The average molecular weight is 384 g/mol. The van der Waals surface area contributed by atoms with Crippen molar-refractivity contribution < 1.29 is 9.53 Å². The molecule has 1 saturated carbocycles. The Bertz CT molecular complexity index is 766. The summed E-state index contributed by atoms with van der Waals surface area (Å²) in [6.45, 7) is 6.34. The van der Waals surface area contributed by atoms with Crippen molar-refractivity contribution in [3.63, 3.8) is 0 Å². The van der Waals surface area contributed by atoms with Crippen LogP contribution in [0.15, 0.2) is 48.2 Å². The third kappa shape index (κ3) is 5.35. The van der Waals surface area contributed by atoms with Crippen LogP contribution < -0.4 is 4.74 Å². The highest BCUT2D eigenvalue weighted by atomic mass is 32.1. The molecule has 1 unspecified atom stereocenters. The van der Waals surface area contributed by atoms with E-state index >= 15 is 0 Å². The number of carbonyl (C=O) groups is 1. The van der Waals surface area contributed by atoms with Gasteiger partial charge in [-0.05, 0) is 63.2 Å². The van der Waals surface area contributed by atoms with Crippen LogP contribution >= 0.6 is 12.6 Å². The number of pyridine rings is 1. The Hall–Kier alpha value is -1.81. The molecule has 144 valence electrons. The van der Waals surface area contributed by atoms with Crippen LogP contribution in [0.1, 0.15) is 58.6 Å². The van der Waals surface area contributed by atoms with Gasteiger partial charge in [0, 0.05) is 4.75 Å². The summed E-state index contributed by atoms with van der Waals surface area (Å²) in [4.78, 5) is 16.9. The van der Waals surface area contributed by atoms with Crippen molar-refractivity contribution in [3.8, 4) is 5.75 Å². The minimum absolute atomic E-state index is 0.0268. The molecule has 1 aromatic rings. The molecule has 2 aliphatic carbocycles. The van der Waals surface area contributed by atoms with Gasteiger partial charge in [0.25, 0.3) is 0 Å². The number of rotatable bonds is 4. The molecule has 0 bridgehead atoms. The van der Waals surface area contributed by atoms with E-state index in [0.717, 1.165) is 42.9 Å². The van der Waals surface area contributed by atoms with Gasteiger partial charge in [-0.15, -0.1) is 0 Å². The minimum Gasteiger partial charge on any atom is -0.425 e. The van der Waals surface area contributed by atoms with Crippen molar-refractivity contribution >= 4 is 24.2 Å². The lowest BCUT2D eigenvalue weighted by molar-refractivity contribution is -0.140. The fraction of sp³-hybridized carbons (Fsp3) is 0.478. The molecule has 0 aromatic carbocycles. The number of nitrogens with zero attached hydrogens (tertiary/aromatic N) is 1. The minimum atomic E-state index is -0.326. The van der Waals surface area contributed by atoms with Gasteiger partial charge in [-0.1, -0.05) is 43.2 Å². The molecule has 1 heterocycles. The van der Waals surface area contributed by atoms with E-state index in [0.29, 0.717) is 5.75 Å². The van der Waals surface area contributed by atoms with Crippen molar-refractivity contribution in [1.29, 1.82) is 0 Å². The largest absolute Gasteiger partial charge is 0.425 e. The van der Waals surface area contributed by atoms with Gasteiger partial charge in [0.05, 0.1) is 17.8 Å². The molecule has 0 spiro atoms. The monoisotopic (exact) mass is 383 g/mol. The van der Waals surface area contributed by atoms with Crippen molar-refractivity contribution in [2.24, 2.45) is 11.8 Å². The first-order valence-corrected chi connectivity index (χ1v) is 10.3. The summed E-state index contributed by atoms with van der Waals surface area (Å²) in [5.41, 5.74) is 3.02. The van der Waals surface area contributed by atoms with Gasteiger partial charge in [0.2, 0.25) is 0 Å². The lowest BCUT2D eigenvalue weighted by Crippen LogP contribution is -2.25. The Balaban J connectivity index is 1.65. The van der Waals surface area contributed by atoms with Crippen molar-refractivity contribution in [2.75, 3.05) is 0 Å². The van der Waals surface area contributed by atoms with Gasteiger partial charge in [-0.3, -0.25) is 9.78 Å². The molecule has 0 aliphatic heterocycles. The highest BCUT2D eigenvalue weighted by Gasteiger charge is 2.27. The summed E-state index contributed by atoms with van der Waals surface area (Å²) in [6, 6.07) is 3.73. The molecular formula is C23H29NO2S. The predicted octanol–water partition coefficient (Wildman–Crippen LogP) is 5.79. The van der Waals surface area contributed by atoms with Gasteiger partial charge < -0.3 is 4.74 Å². The zero-order valence-electron chi connectivity index (χ0n) is 16.4. The van der Waals surface area contributed by atoms with E-state index in [-0.39, 0.29) is 16.6 Å². The van der Waals surface area contributed by atoms with Crippen LogP contribution in [0.3, 0.4) is 0 Å². The first-order valence-electron chi connectivity index (χ1n) is 9.87. The molecule has 0 saturated heterocycles. The molecule has 0 radical (unpaired) electrons. The average Bonchev–Trinajstić information content (AvgIpc) is 2.79. The van der Waals surface area contributed by atoms with Gasteiger partial charge in [0.1, 0.15) is 5.75 Å². The van der Waals surface area contributed by atoms with E-state index in [1.165, 1.54) is 12.0 Å². The van der Waals surface area contributed by atoms with E-state index < -0.39 is 0 Å². The Morgan fingerprint density at radius 3 is 2.59 bits per heavy atom. The van der Waals surface area contributed by atoms with Crippen LogP contribution in [0.25, 0.3) is 5.57 Å². The van der Waals surface area contributed by atoms with Gasteiger partial charge >= 0.3 is 5.97 Å². The number of allylic oxidation sites excluding steroid dienone is 4. The molecule has 1 atom stereocenters. The number of hydrogen-bond donors (Lipinski definition) is 1. The summed E-state index contributed by atoms with van der Waals surface area (Å²) in [5.74, 6) is 1.20. The third-order valence-corrected chi connectivity index (χ3v) is 5.76. The summed E-state index contributed by atoms with van der Waals surface area (Å²) in [5, 5.41) is 0. The predicted molar refractivity (Wildman–Crippen MR) is 114 cm³/mol. The lowest BCUT2D eigenvalue weighted by atomic mass is 9.81. The molecule has 3 rings (SSSR count). The molecule has 1 aromatic heterocycles. The van der Waals surface area contributed by atoms with E-state index in [1.807, 2.05) is 18.2 Å². The standard InChI is InChI=1S/C23H29NO2S/c1-4-17-6-9-18(10-7-17)22(25)26-20-11-12-21(24-15-20)19-8-5-16(2)13-23(3,27)14-19/h5,8,11-15,17-18,27H,4,6-7,9-10H2,1-3H3. The number of ether oxygens (including phenoxy) is 1. The second-order valence-corrected chi connectivity index (χ2v) is 8.94. The Morgan fingerprint density at radius 1 is 1.22 bits per heavy atom. The van der Waals surface area contributed by atoms with Gasteiger partial charge in [0.15, 0.2) is 0 Å². The molecule has 2 aliphatic rings.